The summed E-state index contributed by atoms with van der Waals surface area (Å²) >= 11 is 0. The average molecular weight is 444 g/mol. The lowest BCUT2D eigenvalue weighted by Crippen LogP contribution is -2.40. The Bertz CT molecular complexity index is 1110. The molecule has 7 heteroatoms. The molecule has 2 heterocycles. The number of para-hydroxylation sites is 1. The Kier molecular flexibility index (Phi) is 6.88. The van der Waals surface area contributed by atoms with Gasteiger partial charge in [-0.3, -0.25) is 4.79 Å². The van der Waals surface area contributed by atoms with Crippen molar-refractivity contribution in [2.75, 3.05) is 30.7 Å². The summed E-state index contributed by atoms with van der Waals surface area (Å²) in [7, 11) is 0. The van der Waals surface area contributed by atoms with Crippen LogP contribution in [0, 0.1) is 5.92 Å². The number of amides is 1. The van der Waals surface area contributed by atoms with Crippen LogP contribution in [0.2, 0.25) is 0 Å². The number of nitrogens with zero attached hydrogens (tertiary/aromatic N) is 3. The van der Waals surface area contributed by atoms with Crippen LogP contribution in [0.3, 0.4) is 0 Å². The number of likely N-dealkylation sites (tertiary alicyclic amines) is 1. The first-order chi connectivity index (χ1) is 16.0. The molecule has 0 radical (unpaired) electrons. The SMILES string of the molecule is C=C(C)C(=O)N1CCC(CNc2ncnc(N)c2-c2ccc(Oc3ccccc3)cc2)CC1. The summed E-state index contributed by atoms with van der Waals surface area (Å²) in [5.41, 5.74) is 8.51. The monoisotopic (exact) mass is 443 g/mol. The fourth-order valence-corrected chi connectivity index (χ4v) is 3.98. The van der Waals surface area contributed by atoms with Gasteiger partial charge in [-0.05, 0) is 55.5 Å². The van der Waals surface area contributed by atoms with E-state index in [-0.39, 0.29) is 5.91 Å². The van der Waals surface area contributed by atoms with Crippen LogP contribution in [0.5, 0.6) is 11.5 Å². The minimum absolute atomic E-state index is 0.0481. The van der Waals surface area contributed by atoms with Crippen molar-refractivity contribution in [1.82, 2.24) is 14.9 Å². The molecule has 3 aromatic rings. The molecular weight excluding hydrogens is 414 g/mol. The highest BCUT2D eigenvalue weighted by Gasteiger charge is 2.23. The van der Waals surface area contributed by atoms with Crippen molar-refractivity contribution in [1.29, 1.82) is 0 Å². The molecule has 2 aromatic carbocycles. The van der Waals surface area contributed by atoms with E-state index in [9.17, 15) is 4.79 Å². The molecule has 3 N–H and O–H groups in total. The van der Waals surface area contributed by atoms with E-state index in [1.54, 1.807) is 6.92 Å². The van der Waals surface area contributed by atoms with Crippen molar-refractivity contribution >= 4 is 17.5 Å². The first kappa shape index (κ1) is 22.3. The smallest absolute Gasteiger partial charge is 0.248 e. The first-order valence-electron chi connectivity index (χ1n) is 11.1. The predicted octanol–water partition coefficient (Wildman–Crippen LogP) is 4.74. The average Bonchev–Trinajstić information content (AvgIpc) is 2.84. The molecule has 0 unspecified atom stereocenters. The number of nitrogens with two attached hydrogens (primary N) is 1. The molecule has 0 aliphatic carbocycles. The maximum absolute atomic E-state index is 12.1. The van der Waals surface area contributed by atoms with Gasteiger partial charge in [-0.15, -0.1) is 0 Å². The van der Waals surface area contributed by atoms with E-state index in [4.69, 9.17) is 10.5 Å². The van der Waals surface area contributed by atoms with Crippen molar-refractivity contribution in [3.8, 4) is 22.6 Å². The molecule has 33 heavy (non-hydrogen) atoms. The number of carbonyl (C=O) groups is 1. The third-order valence-electron chi connectivity index (χ3n) is 5.82. The summed E-state index contributed by atoms with van der Waals surface area (Å²) in [6.07, 6.45) is 3.35. The molecule has 0 spiro atoms. The van der Waals surface area contributed by atoms with Crippen LogP contribution in [-0.2, 0) is 4.79 Å². The van der Waals surface area contributed by atoms with Gasteiger partial charge in [0.25, 0.3) is 0 Å². The standard InChI is InChI=1S/C26H29N5O2/c1-18(2)26(32)31-14-12-19(13-15-31)16-28-25-23(24(27)29-17-30-25)20-8-10-22(11-9-20)33-21-6-4-3-5-7-21/h3-11,17,19H,1,12-16H2,2H3,(H3,27,28,29,30). The van der Waals surface area contributed by atoms with E-state index < -0.39 is 0 Å². The molecule has 1 aliphatic rings. The molecule has 1 aliphatic heterocycles. The predicted molar refractivity (Wildman–Crippen MR) is 131 cm³/mol. The van der Waals surface area contributed by atoms with E-state index in [1.807, 2.05) is 59.5 Å². The van der Waals surface area contributed by atoms with Gasteiger partial charge in [0.05, 0.1) is 5.56 Å². The molecule has 1 amide bonds. The molecule has 0 atom stereocenters. The summed E-state index contributed by atoms with van der Waals surface area (Å²) in [5.74, 6) is 3.15. The summed E-state index contributed by atoms with van der Waals surface area (Å²) in [6.45, 7) is 7.78. The second-order valence-electron chi connectivity index (χ2n) is 8.32. The van der Waals surface area contributed by atoms with Crippen molar-refractivity contribution in [2.45, 2.75) is 19.8 Å². The van der Waals surface area contributed by atoms with Crippen LogP contribution in [-0.4, -0.2) is 40.4 Å². The number of hydrogen-bond donors (Lipinski definition) is 2. The molecule has 7 nitrogen and oxygen atoms in total. The van der Waals surface area contributed by atoms with Crippen LogP contribution in [0.25, 0.3) is 11.1 Å². The number of piperidine rings is 1. The van der Waals surface area contributed by atoms with E-state index in [2.05, 4.69) is 21.9 Å². The fraction of sp³-hybridized carbons (Fsp3) is 0.269. The zero-order chi connectivity index (χ0) is 23.2. The van der Waals surface area contributed by atoms with Gasteiger partial charge in [-0.1, -0.05) is 36.9 Å². The highest BCUT2D eigenvalue weighted by atomic mass is 16.5. The van der Waals surface area contributed by atoms with Crippen molar-refractivity contribution < 1.29 is 9.53 Å². The van der Waals surface area contributed by atoms with E-state index in [0.29, 0.717) is 23.1 Å². The number of anilines is 2. The van der Waals surface area contributed by atoms with E-state index >= 15 is 0 Å². The summed E-state index contributed by atoms with van der Waals surface area (Å²) in [4.78, 5) is 22.6. The van der Waals surface area contributed by atoms with E-state index in [0.717, 1.165) is 55.1 Å². The Labute approximate surface area is 194 Å². The van der Waals surface area contributed by atoms with Gasteiger partial charge in [0, 0.05) is 25.2 Å². The van der Waals surface area contributed by atoms with Gasteiger partial charge in [-0.2, -0.15) is 0 Å². The minimum atomic E-state index is 0.0481. The summed E-state index contributed by atoms with van der Waals surface area (Å²) in [6, 6.07) is 17.4. The molecule has 4 rings (SSSR count). The molecule has 170 valence electrons. The van der Waals surface area contributed by atoms with Crippen molar-refractivity contribution in [3.63, 3.8) is 0 Å². The summed E-state index contributed by atoms with van der Waals surface area (Å²) < 4.78 is 5.89. The lowest BCUT2D eigenvalue weighted by molar-refractivity contribution is -0.128. The number of rotatable bonds is 7. The molecular formula is C26H29N5O2. The second kappa shape index (κ2) is 10.2. The zero-order valence-corrected chi connectivity index (χ0v) is 18.8. The number of carbonyl (C=O) groups excluding carboxylic acids is 1. The van der Waals surface area contributed by atoms with Crippen LogP contribution in [0.1, 0.15) is 19.8 Å². The maximum atomic E-state index is 12.1. The zero-order valence-electron chi connectivity index (χ0n) is 18.8. The number of benzene rings is 2. The first-order valence-corrected chi connectivity index (χ1v) is 11.1. The lowest BCUT2D eigenvalue weighted by Gasteiger charge is -2.32. The van der Waals surface area contributed by atoms with Gasteiger partial charge < -0.3 is 20.7 Å². The lowest BCUT2D eigenvalue weighted by atomic mass is 9.96. The maximum Gasteiger partial charge on any atom is 0.248 e. The Morgan fingerprint density at radius 3 is 2.42 bits per heavy atom. The Morgan fingerprint density at radius 2 is 1.76 bits per heavy atom. The van der Waals surface area contributed by atoms with Crippen LogP contribution < -0.4 is 15.8 Å². The van der Waals surface area contributed by atoms with Crippen LogP contribution in [0.4, 0.5) is 11.6 Å². The molecule has 0 bridgehead atoms. The molecule has 1 saturated heterocycles. The second-order valence-corrected chi connectivity index (χ2v) is 8.32. The van der Waals surface area contributed by atoms with Crippen molar-refractivity contribution in [3.05, 3.63) is 73.1 Å². The highest BCUT2D eigenvalue weighted by Crippen LogP contribution is 2.33. The third kappa shape index (κ3) is 5.49. The summed E-state index contributed by atoms with van der Waals surface area (Å²) in [5, 5.41) is 3.46. The quantitative estimate of drug-likeness (QED) is 0.512. The van der Waals surface area contributed by atoms with Gasteiger partial charge in [0.15, 0.2) is 0 Å². The third-order valence-corrected chi connectivity index (χ3v) is 5.82. The minimum Gasteiger partial charge on any atom is -0.457 e. The fourth-order valence-electron chi connectivity index (χ4n) is 3.98. The topological polar surface area (TPSA) is 93.4 Å². The Morgan fingerprint density at radius 1 is 1.09 bits per heavy atom. The van der Waals surface area contributed by atoms with Gasteiger partial charge in [0.1, 0.15) is 29.5 Å². The van der Waals surface area contributed by atoms with Gasteiger partial charge in [0.2, 0.25) is 5.91 Å². The molecule has 1 fully saturated rings. The van der Waals surface area contributed by atoms with Crippen molar-refractivity contribution in [2.24, 2.45) is 5.92 Å². The van der Waals surface area contributed by atoms with Gasteiger partial charge in [-0.25, -0.2) is 9.97 Å². The number of nitrogen functional groups attached to an aromatic ring is 1. The van der Waals surface area contributed by atoms with Crippen LogP contribution >= 0.6 is 0 Å². The highest BCUT2D eigenvalue weighted by molar-refractivity contribution is 5.92. The molecule has 0 saturated carbocycles. The van der Waals surface area contributed by atoms with Gasteiger partial charge >= 0.3 is 0 Å². The Hall–Kier alpha value is -3.87. The van der Waals surface area contributed by atoms with E-state index in [1.165, 1.54) is 6.33 Å². The normalized spacial score (nSPS) is 14.0. The Balaban J connectivity index is 1.41. The number of nitrogens with one attached hydrogen (secondary N) is 1. The largest absolute Gasteiger partial charge is 0.457 e. The van der Waals surface area contributed by atoms with Crippen LogP contribution in [0.15, 0.2) is 73.1 Å². The number of hydrogen-bond acceptors (Lipinski definition) is 6. The number of aromatic nitrogens is 2. The molecule has 1 aromatic heterocycles. The number of ether oxygens (including phenoxy) is 1.